The van der Waals surface area contributed by atoms with Crippen LogP contribution >= 0.6 is 11.3 Å². The molecule has 2 aliphatic rings. The molecule has 0 unspecified atom stereocenters. The SMILES string of the molecule is O=C(NCCNC(=O)N1CCC[C@H]1c1nc2ccccc2s1)C1CC1. The number of carbonyl (C=O) groups excluding carboxylic acids is 2. The Labute approximate surface area is 150 Å². The molecule has 2 aromatic rings. The maximum absolute atomic E-state index is 12.5. The highest BCUT2D eigenvalue weighted by Crippen LogP contribution is 2.36. The average molecular weight is 358 g/mol. The first-order valence-electron chi connectivity index (χ1n) is 8.90. The van der Waals surface area contributed by atoms with Gasteiger partial charge in [-0.25, -0.2) is 9.78 Å². The summed E-state index contributed by atoms with van der Waals surface area (Å²) in [6.45, 7) is 1.70. The highest BCUT2D eigenvalue weighted by atomic mass is 32.1. The highest BCUT2D eigenvalue weighted by molar-refractivity contribution is 7.18. The van der Waals surface area contributed by atoms with Crippen molar-refractivity contribution in [3.05, 3.63) is 29.3 Å². The van der Waals surface area contributed by atoms with E-state index < -0.39 is 0 Å². The number of thiazole rings is 1. The zero-order valence-corrected chi connectivity index (χ0v) is 14.8. The topological polar surface area (TPSA) is 74.3 Å². The highest BCUT2D eigenvalue weighted by Gasteiger charge is 2.32. The lowest BCUT2D eigenvalue weighted by Gasteiger charge is -2.23. The molecule has 132 valence electrons. The summed E-state index contributed by atoms with van der Waals surface area (Å²) in [4.78, 5) is 30.7. The summed E-state index contributed by atoms with van der Waals surface area (Å²) in [7, 11) is 0. The van der Waals surface area contributed by atoms with Crippen LogP contribution in [-0.2, 0) is 4.79 Å². The molecule has 7 heteroatoms. The van der Waals surface area contributed by atoms with E-state index in [0.29, 0.717) is 13.1 Å². The molecule has 25 heavy (non-hydrogen) atoms. The fraction of sp³-hybridized carbons (Fsp3) is 0.500. The Hall–Kier alpha value is -2.15. The Morgan fingerprint density at radius 3 is 2.76 bits per heavy atom. The maximum Gasteiger partial charge on any atom is 0.318 e. The van der Waals surface area contributed by atoms with Gasteiger partial charge in [0.05, 0.1) is 16.3 Å². The summed E-state index contributed by atoms with van der Waals surface area (Å²) < 4.78 is 1.16. The molecule has 1 aromatic carbocycles. The Morgan fingerprint density at radius 2 is 1.96 bits per heavy atom. The van der Waals surface area contributed by atoms with Crippen molar-refractivity contribution in [3.8, 4) is 0 Å². The number of aromatic nitrogens is 1. The van der Waals surface area contributed by atoms with Crippen LogP contribution in [0.1, 0.15) is 36.7 Å². The number of carbonyl (C=O) groups is 2. The third-order valence-electron chi connectivity index (χ3n) is 4.76. The van der Waals surface area contributed by atoms with E-state index in [1.165, 1.54) is 0 Å². The van der Waals surface area contributed by atoms with Crippen molar-refractivity contribution in [2.24, 2.45) is 5.92 Å². The van der Waals surface area contributed by atoms with E-state index in [1.807, 2.05) is 23.1 Å². The Kier molecular flexibility index (Phi) is 4.57. The van der Waals surface area contributed by atoms with Crippen LogP contribution in [-0.4, -0.2) is 41.5 Å². The smallest absolute Gasteiger partial charge is 0.318 e. The van der Waals surface area contributed by atoms with Crippen molar-refractivity contribution < 1.29 is 9.59 Å². The number of rotatable bonds is 5. The molecule has 2 heterocycles. The first kappa shape index (κ1) is 16.3. The molecule has 0 spiro atoms. The van der Waals surface area contributed by atoms with Crippen LogP contribution in [0, 0.1) is 5.92 Å². The van der Waals surface area contributed by atoms with E-state index in [1.54, 1.807) is 11.3 Å². The summed E-state index contributed by atoms with van der Waals surface area (Å²) in [6, 6.07) is 8.07. The van der Waals surface area contributed by atoms with E-state index in [9.17, 15) is 9.59 Å². The summed E-state index contributed by atoms with van der Waals surface area (Å²) in [5, 5.41) is 6.80. The molecule has 1 aromatic heterocycles. The molecular formula is C18H22N4O2S. The third-order valence-corrected chi connectivity index (χ3v) is 5.90. The number of likely N-dealkylation sites (tertiary alicyclic amines) is 1. The molecule has 1 atom stereocenters. The van der Waals surface area contributed by atoms with Crippen LogP contribution in [0.4, 0.5) is 4.79 Å². The number of hydrogen-bond donors (Lipinski definition) is 2. The van der Waals surface area contributed by atoms with Gasteiger partial charge in [-0.3, -0.25) is 4.79 Å². The number of fused-ring (bicyclic) bond motifs is 1. The molecule has 0 bridgehead atoms. The van der Waals surface area contributed by atoms with Gasteiger partial charge in [0.1, 0.15) is 5.01 Å². The number of benzene rings is 1. The molecule has 1 aliphatic heterocycles. The number of amides is 3. The molecule has 1 saturated carbocycles. The normalized spacial score (nSPS) is 20.0. The van der Waals surface area contributed by atoms with Gasteiger partial charge < -0.3 is 15.5 Å². The van der Waals surface area contributed by atoms with Gasteiger partial charge in [-0.1, -0.05) is 12.1 Å². The quantitative estimate of drug-likeness (QED) is 0.807. The number of hydrogen-bond acceptors (Lipinski definition) is 4. The van der Waals surface area contributed by atoms with Gasteiger partial charge in [0, 0.05) is 25.6 Å². The van der Waals surface area contributed by atoms with Gasteiger partial charge >= 0.3 is 6.03 Å². The number of para-hydroxylation sites is 1. The van der Waals surface area contributed by atoms with E-state index >= 15 is 0 Å². The summed E-state index contributed by atoms with van der Waals surface area (Å²) in [5.41, 5.74) is 0.998. The number of nitrogens with zero attached hydrogens (tertiary/aromatic N) is 2. The summed E-state index contributed by atoms with van der Waals surface area (Å²) in [6.07, 6.45) is 3.93. The minimum absolute atomic E-state index is 0.0541. The summed E-state index contributed by atoms with van der Waals surface area (Å²) >= 11 is 1.67. The van der Waals surface area contributed by atoms with Crippen LogP contribution in [0.15, 0.2) is 24.3 Å². The van der Waals surface area contributed by atoms with Gasteiger partial charge in [0.15, 0.2) is 0 Å². The third kappa shape index (κ3) is 3.61. The zero-order chi connectivity index (χ0) is 17.2. The molecule has 6 nitrogen and oxygen atoms in total. The molecule has 2 fully saturated rings. The standard InChI is InChI=1S/C18H22N4O2S/c23-16(12-7-8-12)19-9-10-20-18(24)22-11-3-5-14(22)17-21-13-4-1-2-6-15(13)25-17/h1-2,4,6,12,14H,3,5,7-11H2,(H,19,23)(H,20,24)/t14-/m0/s1. The van der Waals surface area contributed by atoms with Gasteiger partial charge in [-0.05, 0) is 37.8 Å². The molecule has 3 amide bonds. The molecule has 2 N–H and O–H groups in total. The predicted octanol–water partition coefficient (Wildman–Crippen LogP) is 2.67. The number of nitrogens with one attached hydrogen (secondary N) is 2. The average Bonchev–Trinajstić information content (AvgIpc) is 3.20. The van der Waals surface area contributed by atoms with Crippen LogP contribution in [0.5, 0.6) is 0 Å². The Balaban J connectivity index is 1.33. The Morgan fingerprint density at radius 1 is 1.16 bits per heavy atom. The van der Waals surface area contributed by atoms with Crippen molar-refractivity contribution in [2.75, 3.05) is 19.6 Å². The lowest BCUT2D eigenvalue weighted by atomic mass is 10.2. The van der Waals surface area contributed by atoms with Crippen molar-refractivity contribution >= 4 is 33.5 Å². The van der Waals surface area contributed by atoms with Gasteiger partial charge in [0.2, 0.25) is 5.91 Å². The first-order chi connectivity index (χ1) is 12.2. The Bertz CT molecular complexity index is 753. The molecule has 1 aliphatic carbocycles. The van der Waals surface area contributed by atoms with E-state index in [0.717, 1.165) is 47.5 Å². The second kappa shape index (κ2) is 7.00. The first-order valence-corrected chi connectivity index (χ1v) is 9.71. The maximum atomic E-state index is 12.5. The minimum Gasteiger partial charge on any atom is -0.354 e. The van der Waals surface area contributed by atoms with Crippen molar-refractivity contribution in [3.63, 3.8) is 0 Å². The summed E-state index contributed by atoms with van der Waals surface area (Å²) in [5.74, 6) is 0.320. The van der Waals surface area contributed by atoms with Crippen LogP contribution < -0.4 is 10.6 Å². The van der Waals surface area contributed by atoms with E-state index in [4.69, 9.17) is 4.98 Å². The second-order valence-corrected chi connectivity index (χ2v) is 7.73. The molecular weight excluding hydrogens is 336 g/mol. The lowest BCUT2D eigenvalue weighted by Crippen LogP contribution is -2.42. The minimum atomic E-state index is -0.0672. The van der Waals surface area contributed by atoms with E-state index in [-0.39, 0.29) is 23.9 Å². The van der Waals surface area contributed by atoms with E-state index in [2.05, 4.69) is 16.7 Å². The predicted molar refractivity (Wildman–Crippen MR) is 97.4 cm³/mol. The van der Waals surface area contributed by atoms with Gasteiger partial charge in [-0.2, -0.15) is 0 Å². The van der Waals surface area contributed by atoms with Crippen molar-refractivity contribution in [1.29, 1.82) is 0 Å². The van der Waals surface area contributed by atoms with Crippen molar-refractivity contribution in [2.45, 2.75) is 31.7 Å². The second-order valence-electron chi connectivity index (χ2n) is 6.67. The molecule has 1 saturated heterocycles. The monoisotopic (exact) mass is 358 g/mol. The van der Waals surface area contributed by atoms with Gasteiger partial charge in [0.25, 0.3) is 0 Å². The van der Waals surface area contributed by atoms with Crippen LogP contribution in [0.2, 0.25) is 0 Å². The van der Waals surface area contributed by atoms with Crippen molar-refractivity contribution in [1.82, 2.24) is 20.5 Å². The molecule has 0 radical (unpaired) electrons. The van der Waals surface area contributed by atoms with Crippen LogP contribution in [0.25, 0.3) is 10.2 Å². The van der Waals surface area contributed by atoms with Crippen LogP contribution in [0.3, 0.4) is 0 Å². The van der Waals surface area contributed by atoms with Gasteiger partial charge in [-0.15, -0.1) is 11.3 Å². The number of urea groups is 1. The fourth-order valence-corrected chi connectivity index (χ4v) is 4.36. The zero-order valence-electron chi connectivity index (χ0n) is 14.0. The lowest BCUT2D eigenvalue weighted by molar-refractivity contribution is -0.122. The molecule has 4 rings (SSSR count). The largest absolute Gasteiger partial charge is 0.354 e. The fourth-order valence-electron chi connectivity index (χ4n) is 3.25.